The van der Waals surface area contributed by atoms with Crippen molar-refractivity contribution in [1.29, 1.82) is 0 Å². The number of rotatable bonds is 5. The Morgan fingerprint density at radius 2 is 1.88 bits per heavy atom. The standard InChI is InChI=1S/C18H13NO4S/c1-12-2-11-18(24-12)16(20)9-7-15-8-10-17(23-15)13-3-5-14(6-4-13)19(21)22/h2-11H,1H3/b9-7+. The average molecular weight is 339 g/mol. The van der Waals surface area contributed by atoms with Crippen LogP contribution < -0.4 is 0 Å². The van der Waals surface area contributed by atoms with E-state index in [1.807, 2.05) is 13.0 Å². The van der Waals surface area contributed by atoms with Crippen LogP contribution in [0.5, 0.6) is 0 Å². The van der Waals surface area contributed by atoms with Gasteiger partial charge in [-0.2, -0.15) is 0 Å². The van der Waals surface area contributed by atoms with Crippen LogP contribution in [0.3, 0.4) is 0 Å². The molecule has 1 aromatic carbocycles. The number of benzene rings is 1. The molecule has 0 spiro atoms. The van der Waals surface area contributed by atoms with Gasteiger partial charge in [0.2, 0.25) is 0 Å². The lowest BCUT2D eigenvalue weighted by molar-refractivity contribution is -0.384. The minimum atomic E-state index is -0.446. The van der Waals surface area contributed by atoms with Crippen molar-refractivity contribution in [3.8, 4) is 11.3 Å². The Kier molecular flexibility index (Phi) is 4.39. The van der Waals surface area contributed by atoms with Gasteiger partial charge in [-0.15, -0.1) is 11.3 Å². The van der Waals surface area contributed by atoms with Crippen molar-refractivity contribution >= 4 is 28.9 Å². The Balaban J connectivity index is 1.74. The second-order valence-corrected chi connectivity index (χ2v) is 6.40. The normalized spacial score (nSPS) is 11.0. The summed E-state index contributed by atoms with van der Waals surface area (Å²) < 4.78 is 5.66. The van der Waals surface area contributed by atoms with E-state index in [-0.39, 0.29) is 11.5 Å². The zero-order valence-electron chi connectivity index (χ0n) is 12.8. The second kappa shape index (κ2) is 6.64. The molecule has 3 rings (SSSR count). The summed E-state index contributed by atoms with van der Waals surface area (Å²) in [5.41, 5.74) is 0.766. The van der Waals surface area contributed by atoms with Crippen molar-refractivity contribution in [2.24, 2.45) is 0 Å². The molecule has 2 heterocycles. The van der Waals surface area contributed by atoms with Gasteiger partial charge in [0.1, 0.15) is 11.5 Å². The van der Waals surface area contributed by atoms with Gasteiger partial charge < -0.3 is 4.42 Å². The van der Waals surface area contributed by atoms with E-state index in [1.54, 1.807) is 36.4 Å². The van der Waals surface area contributed by atoms with Crippen LogP contribution in [-0.2, 0) is 0 Å². The number of allylic oxidation sites excluding steroid dienone is 1. The third-order valence-corrected chi connectivity index (χ3v) is 4.39. The number of furan rings is 1. The summed E-state index contributed by atoms with van der Waals surface area (Å²) >= 11 is 1.45. The quantitative estimate of drug-likeness (QED) is 0.280. The van der Waals surface area contributed by atoms with Gasteiger partial charge >= 0.3 is 0 Å². The topological polar surface area (TPSA) is 73.3 Å². The highest BCUT2D eigenvalue weighted by molar-refractivity contribution is 7.14. The van der Waals surface area contributed by atoms with Crippen molar-refractivity contribution in [2.45, 2.75) is 6.92 Å². The fourth-order valence-electron chi connectivity index (χ4n) is 2.15. The number of thiophene rings is 1. The van der Waals surface area contributed by atoms with Crippen LogP contribution in [-0.4, -0.2) is 10.7 Å². The molecule has 0 aliphatic heterocycles. The van der Waals surface area contributed by atoms with Gasteiger partial charge in [0.25, 0.3) is 5.69 Å². The summed E-state index contributed by atoms with van der Waals surface area (Å²) in [5.74, 6) is 1.07. The van der Waals surface area contributed by atoms with Crippen LogP contribution in [0, 0.1) is 17.0 Å². The van der Waals surface area contributed by atoms with Crippen LogP contribution in [0.15, 0.2) is 59.0 Å². The number of carbonyl (C=O) groups excluding carboxylic acids is 1. The van der Waals surface area contributed by atoms with Crippen molar-refractivity contribution in [2.75, 3.05) is 0 Å². The molecule has 0 N–H and O–H groups in total. The van der Waals surface area contributed by atoms with E-state index < -0.39 is 4.92 Å². The summed E-state index contributed by atoms with van der Waals surface area (Å²) in [6.07, 6.45) is 3.09. The maximum atomic E-state index is 12.0. The molecule has 0 amide bonds. The number of carbonyl (C=O) groups is 1. The van der Waals surface area contributed by atoms with Crippen LogP contribution in [0.1, 0.15) is 20.3 Å². The van der Waals surface area contributed by atoms with Crippen molar-refractivity contribution in [3.63, 3.8) is 0 Å². The van der Waals surface area contributed by atoms with E-state index in [2.05, 4.69) is 0 Å². The van der Waals surface area contributed by atoms with Gasteiger partial charge in [-0.05, 0) is 55.5 Å². The first-order valence-corrected chi connectivity index (χ1v) is 7.98. The van der Waals surface area contributed by atoms with Crippen molar-refractivity contribution < 1.29 is 14.1 Å². The summed E-state index contributed by atoms with van der Waals surface area (Å²) in [5, 5.41) is 10.7. The molecule has 3 aromatic rings. The predicted molar refractivity (Wildman–Crippen MR) is 93.2 cm³/mol. The molecule has 24 heavy (non-hydrogen) atoms. The Hall–Kier alpha value is -2.99. The maximum absolute atomic E-state index is 12.0. The Morgan fingerprint density at radius 1 is 1.12 bits per heavy atom. The highest BCUT2D eigenvalue weighted by Crippen LogP contribution is 2.25. The largest absolute Gasteiger partial charge is 0.457 e. The molecule has 0 saturated carbocycles. The molecule has 0 fully saturated rings. The van der Waals surface area contributed by atoms with E-state index in [0.717, 1.165) is 10.4 Å². The molecule has 2 aromatic heterocycles. The summed E-state index contributed by atoms with van der Waals surface area (Å²) in [4.78, 5) is 24.0. The van der Waals surface area contributed by atoms with Gasteiger partial charge in [0, 0.05) is 22.6 Å². The first-order chi connectivity index (χ1) is 11.5. The maximum Gasteiger partial charge on any atom is 0.269 e. The predicted octanol–water partition coefficient (Wildman–Crippen LogP) is 5.12. The first-order valence-electron chi connectivity index (χ1n) is 7.16. The number of nitrogens with zero attached hydrogens (tertiary/aromatic N) is 1. The smallest absolute Gasteiger partial charge is 0.269 e. The molecular weight excluding hydrogens is 326 g/mol. The molecule has 120 valence electrons. The van der Waals surface area contributed by atoms with Gasteiger partial charge in [-0.25, -0.2) is 0 Å². The molecule has 0 unspecified atom stereocenters. The lowest BCUT2D eigenvalue weighted by Crippen LogP contribution is -1.88. The third kappa shape index (κ3) is 3.49. The third-order valence-electron chi connectivity index (χ3n) is 3.37. The number of nitro benzene ring substituents is 1. The highest BCUT2D eigenvalue weighted by Gasteiger charge is 2.08. The fraction of sp³-hybridized carbons (Fsp3) is 0.0556. The van der Waals surface area contributed by atoms with Crippen molar-refractivity contribution in [1.82, 2.24) is 0 Å². The average Bonchev–Trinajstić information content (AvgIpc) is 3.22. The van der Waals surface area contributed by atoms with Gasteiger partial charge in [-0.3, -0.25) is 14.9 Å². The molecule has 0 aliphatic carbocycles. The Bertz CT molecular complexity index is 919. The van der Waals surface area contributed by atoms with E-state index in [0.29, 0.717) is 16.4 Å². The number of hydrogen-bond acceptors (Lipinski definition) is 5. The van der Waals surface area contributed by atoms with E-state index in [9.17, 15) is 14.9 Å². The molecule has 0 atom stereocenters. The number of nitro groups is 1. The molecule has 0 aliphatic rings. The fourth-order valence-corrected chi connectivity index (χ4v) is 2.94. The molecule has 0 bridgehead atoms. The Morgan fingerprint density at radius 3 is 2.50 bits per heavy atom. The molecule has 0 saturated heterocycles. The molecular formula is C18H13NO4S. The minimum absolute atomic E-state index is 0.0299. The van der Waals surface area contributed by atoms with E-state index in [4.69, 9.17) is 4.42 Å². The van der Waals surface area contributed by atoms with E-state index in [1.165, 1.54) is 29.5 Å². The first kappa shape index (κ1) is 15.9. The van der Waals surface area contributed by atoms with E-state index >= 15 is 0 Å². The highest BCUT2D eigenvalue weighted by atomic mass is 32.1. The van der Waals surface area contributed by atoms with Crippen molar-refractivity contribution in [3.05, 3.63) is 80.2 Å². The van der Waals surface area contributed by atoms with Crippen LogP contribution in [0.2, 0.25) is 0 Å². The Labute approximate surface area is 142 Å². The molecule has 6 heteroatoms. The van der Waals surface area contributed by atoms with Crippen LogP contribution in [0.4, 0.5) is 5.69 Å². The minimum Gasteiger partial charge on any atom is -0.457 e. The summed E-state index contributed by atoms with van der Waals surface area (Å²) in [7, 11) is 0. The van der Waals surface area contributed by atoms with Gasteiger partial charge in [0.15, 0.2) is 5.78 Å². The lowest BCUT2D eigenvalue weighted by Gasteiger charge is -1.96. The zero-order valence-corrected chi connectivity index (χ0v) is 13.6. The number of non-ortho nitro benzene ring substituents is 1. The van der Waals surface area contributed by atoms with Gasteiger partial charge in [0.05, 0.1) is 9.80 Å². The summed E-state index contributed by atoms with van der Waals surface area (Å²) in [6, 6.07) is 13.3. The molecule has 0 radical (unpaired) electrons. The summed E-state index contributed by atoms with van der Waals surface area (Å²) in [6.45, 7) is 1.95. The number of ketones is 1. The second-order valence-electron chi connectivity index (χ2n) is 5.11. The van der Waals surface area contributed by atoms with Crippen LogP contribution >= 0.6 is 11.3 Å². The zero-order chi connectivity index (χ0) is 17.1. The number of aryl methyl sites for hydroxylation is 1. The lowest BCUT2D eigenvalue weighted by atomic mass is 10.1. The monoisotopic (exact) mass is 339 g/mol. The van der Waals surface area contributed by atoms with Crippen LogP contribution in [0.25, 0.3) is 17.4 Å². The molecule has 5 nitrogen and oxygen atoms in total. The SMILES string of the molecule is Cc1ccc(C(=O)/C=C/c2ccc(-c3ccc([N+](=O)[O-])cc3)o2)s1. The number of hydrogen-bond donors (Lipinski definition) is 0. The van der Waals surface area contributed by atoms with Gasteiger partial charge in [-0.1, -0.05) is 0 Å².